The highest BCUT2D eigenvalue weighted by Crippen LogP contribution is 2.67. The molecular weight excluding hydrogens is 336 g/mol. The van der Waals surface area contributed by atoms with Crippen LogP contribution >= 0.6 is 0 Å². The van der Waals surface area contributed by atoms with E-state index in [1.54, 1.807) is 24.7 Å². The van der Waals surface area contributed by atoms with Crippen LogP contribution in [0.4, 0.5) is 0 Å². The lowest BCUT2D eigenvalue weighted by molar-refractivity contribution is -0.259. The molecule has 3 aliphatic heterocycles. The Kier molecular flexibility index (Phi) is 2.97. The summed E-state index contributed by atoms with van der Waals surface area (Å²) in [7, 11) is 0. The van der Waals surface area contributed by atoms with Crippen LogP contribution in [0.15, 0.2) is 35.2 Å². The molecule has 26 heavy (non-hydrogen) atoms. The van der Waals surface area contributed by atoms with Gasteiger partial charge in [-0.1, -0.05) is 13.8 Å². The van der Waals surface area contributed by atoms with Crippen LogP contribution in [0, 0.1) is 22.7 Å². The molecule has 1 N–H and O–H groups in total. The molecule has 1 saturated carbocycles. The van der Waals surface area contributed by atoms with Crippen molar-refractivity contribution in [1.82, 2.24) is 0 Å². The standard InChI is InChI=1S/C20H22O6/c1-18-9-14(11-5-8-24-10-11)25-16(21)12(18)3-6-19(2)15(18)13-4-7-20(19,23)17(22)26-13/h4-5,7-8,10,12-15,23H,3,6,9H2,1-2H3/t12-,13+,14-,15?,18?,19?,20-/m0/s1. The van der Waals surface area contributed by atoms with Crippen LogP contribution in [0.3, 0.4) is 0 Å². The molecule has 138 valence electrons. The third kappa shape index (κ3) is 1.71. The number of cyclic esters (lactones) is 1. The normalized spacial score (nSPS) is 49.2. The van der Waals surface area contributed by atoms with Crippen molar-refractivity contribution in [2.45, 2.75) is 50.9 Å². The van der Waals surface area contributed by atoms with Gasteiger partial charge in [-0.05, 0) is 42.9 Å². The molecule has 0 amide bonds. The van der Waals surface area contributed by atoms with Crippen molar-refractivity contribution in [2.24, 2.45) is 22.7 Å². The SMILES string of the molecule is CC12C[C@@H](c3ccoc3)OC(=O)[C@@H]1CCC1(C)C2[C@H]2C=C[C@]1(O)C(=O)O2. The molecule has 3 unspecified atom stereocenters. The fourth-order valence-corrected chi connectivity index (χ4v) is 6.16. The second kappa shape index (κ2) is 4.80. The predicted octanol–water partition coefficient (Wildman–Crippen LogP) is 2.53. The van der Waals surface area contributed by atoms with Gasteiger partial charge in [0, 0.05) is 16.9 Å². The Morgan fingerprint density at radius 2 is 2.04 bits per heavy atom. The van der Waals surface area contributed by atoms with Gasteiger partial charge in [-0.2, -0.15) is 0 Å². The fourth-order valence-electron chi connectivity index (χ4n) is 6.16. The summed E-state index contributed by atoms with van der Waals surface area (Å²) >= 11 is 0. The van der Waals surface area contributed by atoms with Crippen LogP contribution in [0.2, 0.25) is 0 Å². The highest BCUT2D eigenvalue weighted by atomic mass is 16.6. The Labute approximate surface area is 151 Å². The maximum Gasteiger partial charge on any atom is 0.343 e. The zero-order chi connectivity index (χ0) is 18.3. The quantitative estimate of drug-likeness (QED) is 0.613. The first-order valence-corrected chi connectivity index (χ1v) is 9.15. The zero-order valence-electron chi connectivity index (χ0n) is 14.8. The first-order chi connectivity index (χ1) is 12.3. The number of carbonyl (C=O) groups excluding carboxylic acids is 2. The summed E-state index contributed by atoms with van der Waals surface area (Å²) < 4.78 is 16.4. The number of carbonyl (C=O) groups is 2. The van der Waals surface area contributed by atoms with Crippen LogP contribution < -0.4 is 0 Å². The van der Waals surface area contributed by atoms with Crippen molar-refractivity contribution in [3.63, 3.8) is 0 Å². The van der Waals surface area contributed by atoms with Crippen molar-refractivity contribution < 1.29 is 28.6 Å². The lowest BCUT2D eigenvalue weighted by atomic mass is 9.42. The first-order valence-electron chi connectivity index (χ1n) is 9.15. The van der Waals surface area contributed by atoms with Crippen LogP contribution in [0.1, 0.15) is 44.8 Å². The van der Waals surface area contributed by atoms with Gasteiger partial charge in [-0.3, -0.25) is 4.79 Å². The van der Waals surface area contributed by atoms with Crippen LogP contribution in [0.25, 0.3) is 0 Å². The summed E-state index contributed by atoms with van der Waals surface area (Å²) in [6.45, 7) is 4.04. The minimum atomic E-state index is -1.63. The van der Waals surface area contributed by atoms with E-state index >= 15 is 0 Å². The summed E-state index contributed by atoms with van der Waals surface area (Å²) in [5.74, 6) is -1.20. The zero-order valence-corrected chi connectivity index (χ0v) is 14.8. The van der Waals surface area contributed by atoms with Gasteiger partial charge >= 0.3 is 11.9 Å². The van der Waals surface area contributed by atoms with Gasteiger partial charge in [-0.25, -0.2) is 4.79 Å². The van der Waals surface area contributed by atoms with E-state index in [4.69, 9.17) is 13.9 Å². The molecule has 7 atom stereocenters. The largest absolute Gasteiger partial charge is 0.472 e. The lowest BCUT2D eigenvalue weighted by Crippen LogP contribution is -2.72. The number of ether oxygens (including phenoxy) is 2. The Morgan fingerprint density at radius 1 is 1.23 bits per heavy atom. The van der Waals surface area contributed by atoms with Crippen LogP contribution in [0.5, 0.6) is 0 Å². The third-order valence-electron chi connectivity index (χ3n) is 7.51. The van der Waals surface area contributed by atoms with Crippen molar-refractivity contribution in [3.8, 4) is 0 Å². The highest BCUT2D eigenvalue weighted by molar-refractivity contribution is 5.86. The van der Waals surface area contributed by atoms with Gasteiger partial charge in [0.2, 0.25) is 0 Å². The average molecular weight is 358 g/mol. The molecule has 0 aromatic carbocycles. The maximum atomic E-state index is 12.8. The molecule has 5 aliphatic rings. The molecule has 6 nitrogen and oxygen atoms in total. The first kappa shape index (κ1) is 16.1. The van der Waals surface area contributed by atoms with Gasteiger partial charge in [0.25, 0.3) is 0 Å². The van der Waals surface area contributed by atoms with E-state index < -0.39 is 28.5 Å². The molecule has 6 rings (SSSR count). The molecule has 0 radical (unpaired) electrons. The molecular formula is C20H22O6. The number of rotatable bonds is 1. The van der Waals surface area contributed by atoms with Gasteiger partial charge in [0.15, 0.2) is 5.60 Å². The van der Waals surface area contributed by atoms with Crippen LogP contribution in [-0.2, 0) is 19.1 Å². The van der Waals surface area contributed by atoms with E-state index in [0.29, 0.717) is 19.3 Å². The third-order valence-corrected chi connectivity index (χ3v) is 7.51. The molecule has 1 aromatic heterocycles. The van der Waals surface area contributed by atoms with Gasteiger partial charge in [-0.15, -0.1) is 0 Å². The molecule has 2 bridgehead atoms. The minimum Gasteiger partial charge on any atom is -0.472 e. The fraction of sp³-hybridized carbons (Fsp3) is 0.600. The summed E-state index contributed by atoms with van der Waals surface area (Å²) in [5.41, 5.74) is -1.91. The van der Waals surface area contributed by atoms with E-state index in [2.05, 4.69) is 6.92 Å². The molecule has 4 heterocycles. The Balaban J connectivity index is 1.61. The number of esters is 2. The van der Waals surface area contributed by atoms with Crippen molar-refractivity contribution >= 4 is 11.9 Å². The van der Waals surface area contributed by atoms with Gasteiger partial charge in [0.05, 0.1) is 18.4 Å². The van der Waals surface area contributed by atoms with Crippen molar-refractivity contribution in [3.05, 3.63) is 36.3 Å². The number of hydrogen-bond acceptors (Lipinski definition) is 6. The average Bonchev–Trinajstić information content (AvgIpc) is 3.10. The van der Waals surface area contributed by atoms with Gasteiger partial charge in [0.1, 0.15) is 12.2 Å². The van der Waals surface area contributed by atoms with E-state index in [9.17, 15) is 14.7 Å². The molecule has 6 heteroatoms. The second-order valence-corrected chi connectivity index (χ2v) is 8.67. The number of fused-ring (bicyclic) bond motifs is 2. The smallest absolute Gasteiger partial charge is 0.343 e. The summed E-state index contributed by atoms with van der Waals surface area (Å²) in [6.07, 6.45) is 7.52. The Morgan fingerprint density at radius 3 is 2.73 bits per heavy atom. The number of furan rings is 1. The Hall–Kier alpha value is -2.08. The highest BCUT2D eigenvalue weighted by Gasteiger charge is 2.72. The number of aliphatic hydroxyl groups is 1. The second-order valence-electron chi connectivity index (χ2n) is 8.67. The van der Waals surface area contributed by atoms with E-state index in [-0.39, 0.29) is 23.9 Å². The topological polar surface area (TPSA) is 86.0 Å². The molecule has 3 fully saturated rings. The lowest BCUT2D eigenvalue weighted by Gasteiger charge is -2.65. The maximum absolute atomic E-state index is 12.8. The minimum absolute atomic E-state index is 0.149. The molecule has 2 saturated heterocycles. The van der Waals surface area contributed by atoms with E-state index in [1.165, 1.54) is 0 Å². The summed E-state index contributed by atoms with van der Waals surface area (Å²) in [6, 6.07) is 1.81. The Bertz CT molecular complexity index is 812. The molecule has 1 aromatic rings. The molecule has 0 spiro atoms. The van der Waals surface area contributed by atoms with Crippen molar-refractivity contribution in [1.29, 1.82) is 0 Å². The predicted molar refractivity (Wildman–Crippen MR) is 88.6 cm³/mol. The van der Waals surface area contributed by atoms with Crippen LogP contribution in [-0.4, -0.2) is 28.8 Å². The van der Waals surface area contributed by atoms with E-state index in [1.807, 2.05) is 13.0 Å². The summed E-state index contributed by atoms with van der Waals surface area (Å²) in [5, 5.41) is 11.2. The summed E-state index contributed by atoms with van der Waals surface area (Å²) in [4.78, 5) is 25.2. The number of hydrogen-bond donors (Lipinski definition) is 1. The van der Waals surface area contributed by atoms with E-state index in [0.717, 1.165) is 5.56 Å². The van der Waals surface area contributed by atoms with Gasteiger partial charge < -0.3 is 19.0 Å². The molecule has 2 aliphatic carbocycles. The monoisotopic (exact) mass is 358 g/mol. The van der Waals surface area contributed by atoms with Crippen molar-refractivity contribution in [2.75, 3.05) is 0 Å².